The fraction of sp³-hybridized carbons (Fsp3) is 0.467. The summed E-state index contributed by atoms with van der Waals surface area (Å²) >= 11 is 0. The van der Waals surface area contributed by atoms with Gasteiger partial charge in [-0.1, -0.05) is 30.7 Å². The van der Waals surface area contributed by atoms with Gasteiger partial charge in [0.1, 0.15) is 0 Å². The number of aliphatic hydroxyl groups is 1. The first-order valence-corrected chi connectivity index (χ1v) is 5.74. The molecular weight excluding hydrogens is 196 g/mol. The van der Waals surface area contributed by atoms with Gasteiger partial charge in [0, 0.05) is 5.92 Å². The average molecular weight is 218 g/mol. The van der Waals surface area contributed by atoms with Crippen molar-refractivity contribution in [2.24, 2.45) is 5.92 Å². The summed E-state index contributed by atoms with van der Waals surface area (Å²) in [4.78, 5) is 0. The fourth-order valence-corrected chi connectivity index (χ4v) is 2.44. The Morgan fingerprint density at radius 2 is 1.69 bits per heavy atom. The van der Waals surface area contributed by atoms with E-state index in [-0.39, 0.29) is 5.92 Å². The van der Waals surface area contributed by atoms with E-state index >= 15 is 0 Å². The van der Waals surface area contributed by atoms with Crippen LogP contribution in [0.5, 0.6) is 0 Å². The van der Waals surface area contributed by atoms with Gasteiger partial charge in [-0.25, -0.2) is 0 Å². The highest BCUT2D eigenvalue weighted by Crippen LogP contribution is 2.34. The van der Waals surface area contributed by atoms with Crippen LogP contribution in [0.1, 0.15) is 36.1 Å². The van der Waals surface area contributed by atoms with Gasteiger partial charge in [-0.05, 0) is 44.4 Å². The minimum atomic E-state index is -0.844. The van der Waals surface area contributed by atoms with Gasteiger partial charge in [-0.3, -0.25) is 0 Å². The highest BCUT2D eigenvalue weighted by molar-refractivity contribution is 5.41. The van der Waals surface area contributed by atoms with Crippen LogP contribution in [-0.4, -0.2) is 5.11 Å². The van der Waals surface area contributed by atoms with Gasteiger partial charge in [0.15, 0.2) is 0 Å². The molecule has 0 bridgehead atoms. The van der Waals surface area contributed by atoms with E-state index in [1.807, 2.05) is 13.8 Å². The van der Waals surface area contributed by atoms with E-state index in [0.29, 0.717) is 0 Å². The molecule has 1 heteroatoms. The summed E-state index contributed by atoms with van der Waals surface area (Å²) in [5.74, 6) is 0.0348. The largest absolute Gasteiger partial charge is 0.385 e. The molecule has 0 radical (unpaired) electrons. The van der Waals surface area contributed by atoms with Crippen molar-refractivity contribution in [3.8, 4) is 0 Å². The van der Waals surface area contributed by atoms with Gasteiger partial charge in [0.25, 0.3) is 0 Å². The summed E-state index contributed by atoms with van der Waals surface area (Å²) < 4.78 is 0. The van der Waals surface area contributed by atoms with Gasteiger partial charge < -0.3 is 5.11 Å². The summed E-state index contributed by atoms with van der Waals surface area (Å²) in [5, 5.41) is 10.6. The van der Waals surface area contributed by atoms with Gasteiger partial charge in [0.05, 0.1) is 5.60 Å². The zero-order valence-electron chi connectivity index (χ0n) is 11.0. The van der Waals surface area contributed by atoms with E-state index in [1.165, 1.54) is 5.56 Å². The van der Waals surface area contributed by atoms with Crippen LogP contribution in [-0.2, 0) is 5.60 Å². The minimum Gasteiger partial charge on any atom is -0.385 e. The Morgan fingerprint density at radius 3 is 2.06 bits per heavy atom. The lowest BCUT2D eigenvalue weighted by molar-refractivity contribution is 0.0193. The Labute approximate surface area is 98.8 Å². The third-order valence-electron chi connectivity index (χ3n) is 3.42. The molecule has 0 fully saturated rings. The molecule has 0 aliphatic rings. The van der Waals surface area contributed by atoms with Crippen LogP contribution in [0.25, 0.3) is 0 Å². The summed E-state index contributed by atoms with van der Waals surface area (Å²) in [5.41, 5.74) is 3.72. The SMILES string of the molecule is C=CC(C)C(C)(O)c1c(C)cc(C)cc1C. The summed E-state index contributed by atoms with van der Waals surface area (Å²) in [7, 11) is 0. The zero-order chi connectivity index (χ0) is 12.5. The van der Waals surface area contributed by atoms with E-state index in [4.69, 9.17) is 0 Å². The third kappa shape index (κ3) is 2.19. The second kappa shape index (κ2) is 4.42. The summed E-state index contributed by atoms with van der Waals surface area (Å²) in [6.45, 7) is 13.8. The minimum absolute atomic E-state index is 0.0348. The lowest BCUT2D eigenvalue weighted by Crippen LogP contribution is -2.30. The second-order valence-corrected chi connectivity index (χ2v) is 4.95. The Hall–Kier alpha value is -1.08. The maximum Gasteiger partial charge on any atom is 0.0933 e. The second-order valence-electron chi connectivity index (χ2n) is 4.95. The summed E-state index contributed by atoms with van der Waals surface area (Å²) in [6.07, 6.45) is 1.80. The smallest absolute Gasteiger partial charge is 0.0933 e. The Balaban J connectivity index is 3.38. The van der Waals surface area contributed by atoms with Crippen LogP contribution in [0, 0.1) is 26.7 Å². The molecule has 2 unspecified atom stereocenters. The van der Waals surface area contributed by atoms with E-state index in [0.717, 1.165) is 16.7 Å². The highest BCUT2D eigenvalue weighted by atomic mass is 16.3. The molecule has 0 saturated heterocycles. The normalized spacial score (nSPS) is 16.6. The average Bonchev–Trinajstić information content (AvgIpc) is 2.14. The quantitative estimate of drug-likeness (QED) is 0.768. The van der Waals surface area contributed by atoms with Crippen LogP contribution < -0.4 is 0 Å². The Bertz CT molecular complexity index is 379. The Kier molecular flexibility index (Phi) is 3.59. The first kappa shape index (κ1) is 13.0. The zero-order valence-corrected chi connectivity index (χ0v) is 11.0. The molecule has 1 aromatic rings. The van der Waals surface area contributed by atoms with E-state index in [1.54, 1.807) is 6.08 Å². The highest BCUT2D eigenvalue weighted by Gasteiger charge is 2.31. The molecule has 1 aromatic carbocycles. The predicted molar refractivity (Wildman–Crippen MR) is 69.6 cm³/mol. The van der Waals surface area contributed by atoms with Crippen molar-refractivity contribution in [2.45, 2.75) is 40.2 Å². The molecule has 0 aliphatic carbocycles. The van der Waals surface area contributed by atoms with Gasteiger partial charge in [-0.15, -0.1) is 6.58 Å². The molecule has 16 heavy (non-hydrogen) atoms. The molecule has 1 nitrogen and oxygen atoms in total. The van der Waals surface area contributed by atoms with E-state index in [2.05, 4.69) is 39.5 Å². The van der Waals surface area contributed by atoms with Crippen LogP contribution in [0.4, 0.5) is 0 Å². The maximum atomic E-state index is 10.6. The molecule has 2 atom stereocenters. The summed E-state index contributed by atoms with van der Waals surface area (Å²) in [6, 6.07) is 4.24. The van der Waals surface area contributed by atoms with Gasteiger partial charge in [-0.2, -0.15) is 0 Å². The topological polar surface area (TPSA) is 20.2 Å². The fourth-order valence-electron chi connectivity index (χ4n) is 2.44. The van der Waals surface area contributed by atoms with Gasteiger partial charge in [0.2, 0.25) is 0 Å². The van der Waals surface area contributed by atoms with Gasteiger partial charge >= 0.3 is 0 Å². The first-order valence-electron chi connectivity index (χ1n) is 5.74. The Morgan fingerprint density at radius 1 is 1.25 bits per heavy atom. The predicted octanol–water partition coefficient (Wildman–Crippen LogP) is 3.64. The monoisotopic (exact) mass is 218 g/mol. The molecule has 88 valence electrons. The molecule has 0 aliphatic heterocycles. The van der Waals surface area contributed by atoms with Crippen molar-refractivity contribution in [3.05, 3.63) is 47.0 Å². The van der Waals surface area contributed by atoms with Crippen molar-refractivity contribution < 1.29 is 5.11 Å². The molecule has 0 aromatic heterocycles. The maximum absolute atomic E-state index is 10.6. The van der Waals surface area contributed by atoms with E-state index < -0.39 is 5.60 Å². The number of aryl methyl sites for hydroxylation is 3. The van der Waals surface area contributed by atoms with Crippen molar-refractivity contribution in [3.63, 3.8) is 0 Å². The van der Waals surface area contributed by atoms with Crippen molar-refractivity contribution in [1.82, 2.24) is 0 Å². The molecule has 1 rings (SSSR count). The van der Waals surface area contributed by atoms with Crippen molar-refractivity contribution >= 4 is 0 Å². The number of hydrogen-bond acceptors (Lipinski definition) is 1. The molecule has 0 heterocycles. The number of rotatable bonds is 3. The number of benzene rings is 1. The number of hydrogen-bond donors (Lipinski definition) is 1. The van der Waals surface area contributed by atoms with Crippen LogP contribution >= 0.6 is 0 Å². The van der Waals surface area contributed by atoms with Crippen molar-refractivity contribution in [2.75, 3.05) is 0 Å². The molecular formula is C15H22O. The van der Waals surface area contributed by atoms with Crippen LogP contribution in [0.3, 0.4) is 0 Å². The van der Waals surface area contributed by atoms with Crippen LogP contribution in [0.15, 0.2) is 24.8 Å². The third-order valence-corrected chi connectivity index (χ3v) is 3.42. The lowest BCUT2D eigenvalue weighted by Gasteiger charge is -2.32. The van der Waals surface area contributed by atoms with E-state index in [9.17, 15) is 5.11 Å². The molecule has 0 amide bonds. The molecule has 1 N–H and O–H groups in total. The van der Waals surface area contributed by atoms with Crippen molar-refractivity contribution in [1.29, 1.82) is 0 Å². The van der Waals surface area contributed by atoms with Crippen LogP contribution in [0.2, 0.25) is 0 Å². The molecule has 0 spiro atoms. The lowest BCUT2D eigenvalue weighted by atomic mass is 9.79. The molecule has 0 saturated carbocycles. The first-order chi connectivity index (χ1) is 7.30. The standard InChI is InChI=1S/C15H22O/c1-7-13(5)15(6,16)14-11(3)8-10(2)9-12(14)4/h7-9,13,16H,1H2,2-6H3.